The molecule has 2 aromatic rings. The number of ether oxygens (including phenoxy) is 1. The van der Waals surface area contributed by atoms with Gasteiger partial charge in [-0.15, -0.1) is 0 Å². The maximum absolute atomic E-state index is 13.4. The number of primary amides is 1. The predicted molar refractivity (Wildman–Crippen MR) is 110 cm³/mol. The Balaban J connectivity index is 1.78. The standard InChI is InChI=1S/C21H21Cl2FN2O3/c22-15-3-1-4-16(10-15)29-13-21(11-19(25)27)7-2-8-26(12-21)20(28)14-5-6-18(24)17(23)9-14/h1,3-6,9-10H,2,7-8,11-13H2,(H2,25,27)/t21-/m1/s1. The number of rotatable bonds is 6. The highest BCUT2D eigenvalue weighted by Gasteiger charge is 2.39. The fourth-order valence-electron chi connectivity index (χ4n) is 3.67. The topological polar surface area (TPSA) is 72.6 Å². The first-order valence-corrected chi connectivity index (χ1v) is 9.95. The van der Waals surface area contributed by atoms with Crippen LogP contribution in [0.15, 0.2) is 42.5 Å². The van der Waals surface area contributed by atoms with Crippen LogP contribution >= 0.6 is 23.2 Å². The van der Waals surface area contributed by atoms with Gasteiger partial charge in [0.15, 0.2) is 0 Å². The van der Waals surface area contributed by atoms with Gasteiger partial charge in [0.1, 0.15) is 11.6 Å². The molecule has 2 N–H and O–H groups in total. The zero-order valence-electron chi connectivity index (χ0n) is 15.7. The fraction of sp³-hybridized carbons (Fsp3) is 0.333. The van der Waals surface area contributed by atoms with Gasteiger partial charge in [0.2, 0.25) is 5.91 Å². The van der Waals surface area contributed by atoms with Crippen molar-refractivity contribution in [3.63, 3.8) is 0 Å². The number of nitrogens with two attached hydrogens (primary N) is 1. The Morgan fingerprint density at radius 2 is 2.00 bits per heavy atom. The van der Waals surface area contributed by atoms with Gasteiger partial charge in [-0.2, -0.15) is 0 Å². The van der Waals surface area contributed by atoms with Gasteiger partial charge >= 0.3 is 0 Å². The number of piperidine rings is 1. The summed E-state index contributed by atoms with van der Waals surface area (Å²) in [6.07, 6.45) is 1.46. The number of carbonyl (C=O) groups is 2. The van der Waals surface area contributed by atoms with E-state index in [-0.39, 0.29) is 24.0 Å². The van der Waals surface area contributed by atoms with E-state index >= 15 is 0 Å². The summed E-state index contributed by atoms with van der Waals surface area (Å²) in [6, 6.07) is 10.8. The second-order valence-electron chi connectivity index (χ2n) is 7.35. The molecule has 0 saturated carbocycles. The van der Waals surface area contributed by atoms with Crippen molar-refractivity contribution in [2.75, 3.05) is 19.7 Å². The third-order valence-corrected chi connectivity index (χ3v) is 5.53. The minimum atomic E-state index is -0.619. The van der Waals surface area contributed by atoms with E-state index in [0.717, 1.165) is 0 Å². The molecule has 2 aromatic carbocycles. The first kappa shape index (κ1) is 21.4. The summed E-state index contributed by atoms with van der Waals surface area (Å²) in [7, 11) is 0. The van der Waals surface area contributed by atoms with Crippen molar-refractivity contribution in [3.8, 4) is 5.75 Å². The SMILES string of the molecule is NC(=O)C[C@]1(COc2cccc(Cl)c2)CCCN(C(=O)c2ccc(F)c(Cl)c2)C1. The normalized spacial score (nSPS) is 19.1. The average Bonchev–Trinajstić information content (AvgIpc) is 2.68. The highest BCUT2D eigenvalue weighted by Crippen LogP contribution is 2.35. The Morgan fingerprint density at radius 1 is 1.21 bits per heavy atom. The van der Waals surface area contributed by atoms with Crippen molar-refractivity contribution in [1.82, 2.24) is 4.90 Å². The van der Waals surface area contributed by atoms with Gasteiger partial charge in [0.05, 0.1) is 11.6 Å². The smallest absolute Gasteiger partial charge is 0.253 e. The lowest BCUT2D eigenvalue weighted by atomic mass is 9.77. The molecule has 0 spiro atoms. The summed E-state index contributed by atoms with van der Waals surface area (Å²) in [5.41, 5.74) is 5.17. The van der Waals surface area contributed by atoms with Crippen molar-refractivity contribution in [2.24, 2.45) is 11.1 Å². The maximum atomic E-state index is 13.4. The van der Waals surface area contributed by atoms with Gasteiger partial charge in [-0.25, -0.2) is 4.39 Å². The van der Waals surface area contributed by atoms with Crippen molar-refractivity contribution >= 4 is 35.0 Å². The van der Waals surface area contributed by atoms with Crippen LogP contribution in [0.25, 0.3) is 0 Å². The third kappa shape index (κ3) is 5.40. The molecule has 5 nitrogen and oxygen atoms in total. The Hall–Kier alpha value is -2.31. The van der Waals surface area contributed by atoms with Crippen molar-refractivity contribution in [1.29, 1.82) is 0 Å². The van der Waals surface area contributed by atoms with E-state index in [9.17, 15) is 14.0 Å². The molecule has 8 heteroatoms. The Labute approximate surface area is 178 Å². The summed E-state index contributed by atoms with van der Waals surface area (Å²) in [4.78, 5) is 26.3. The van der Waals surface area contributed by atoms with Gasteiger partial charge < -0.3 is 15.4 Å². The van der Waals surface area contributed by atoms with E-state index in [1.54, 1.807) is 29.2 Å². The van der Waals surface area contributed by atoms with E-state index in [2.05, 4.69) is 0 Å². The molecule has 3 rings (SSSR count). The van der Waals surface area contributed by atoms with Crippen LogP contribution in [-0.2, 0) is 4.79 Å². The lowest BCUT2D eigenvalue weighted by Crippen LogP contribution is -2.50. The summed E-state index contributed by atoms with van der Waals surface area (Å²) in [5, 5.41) is 0.431. The highest BCUT2D eigenvalue weighted by atomic mass is 35.5. The third-order valence-electron chi connectivity index (χ3n) is 5.01. The monoisotopic (exact) mass is 438 g/mol. The van der Waals surface area contributed by atoms with E-state index in [1.807, 2.05) is 0 Å². The molecule has 2 amide bonds. The molecule has 0 aliphatic carbocycles. The Kier molecular flexibility index (Phi) is 6.65. The number of nitrogens with zero attached hydrogens (tertiary/aromatic N) is 1. The largest absolute Gasteiger partial charge is 0.493 e. The molecule has 1 saturated heterocycles. The van der Waals surface area contributed by atoms with Crippen molar-refractivity contribution in [2.45, 2.75) is 19.3 Å². The van der Waals surface area contributed by atoms with E-state index in [4.69, 9.17) is 33.7 Å². The molecule has 29 heavy (non-hydrogen) atoms. The van der Waals surface area contributed by atoms with Crippen LogP contribution in [-0.4, -0.2) is 36.4 Å². The van der Waals surface area contributed by atoms with Gasteiger partial charge in [-0.1, -0.05) is 29.3 Å². The van der Waals surface area contributed by atoms with E-state index in [0.29, 0.717) is 42.3 Å². The van der Waals surface area contributed by atoms with Gasteiger partial charge in [-0.3, -0.25) is 9.59 Å². The van der Waals surface area contributed by atoms with Gasteiger partial charge in [0, 0.05) is 35.5 Å². The molecule has 0 radical (unpaired) electrons. The molecule has 1 aliphatic rings. The van der Waals surface area contributed by atoms with Crippen LogP contribution in [0.2, 0.25) is 10.0 Å². The second-order valence-corrected chi connectivity index (χ2v) is 8.19. The molecular formula is C21H21Cl2FN2O3. The number of amides is 2. The molecule has 0 unspecified atom stereocenters. The average molecular weight is 439 g/mol. The predicted octanol–water partition coefficient (Wildman–Crippen LogP) is 4.31. The number of benzene rings is 2. The van der Waals surface area contributed by atoms with Gasteiger partial charge in [-0.05, 0) is 49.2 Å². The Bertz CT molecular complexity index is 925. The van der Waals surface area contributed by atoms with Crippen LogP contribution in [0.5, 0.6) is 5.75 Å². The van der Waals surface area contributed by atoms with Crippen molar-refractivity contribution < 1.29 is 18.7 Å². The molecule has 1 heterocycles. The number of halogens is 3. The molecule has 154 valence electrons. The summed E-state index contributed by atoms with van der Waals surface area (Å²) in [6.45, 7) is 1.03. The van der Waals surface area contributed by atoms with Crippen LogP contribution in [0.3, 0.4) is 0 Å². The quantitative estimate of drug-likeness (QED) is 0.729. The van der Waals surface area contributed by atoms with Crippen molar-refractivity contribution in [3.05, 3.63) is 63.9 Å². The summed E-state index contributed by atoms with van der Waals surface area (Å²) >= 11 is 11.8. The zero-order chi connectivity index (χ0) is 21.0. The number of hydrogen-bond acceptors (Lipinski definition) is 3. The zero-order valence-corrected chi connectivity index (χ0v) is 17.2. The maximum Gasteiger partial charge on any atom is 0.253 e. The highest BCUT2D eigenvalue weighted by molar-refractivity contribution is 6.31. The van der Waals surface area contributed by atoms with Crippen LogP contribution in [0.4, 0.5) is 4.39 Å². The number of hydrogen-bond donors (Lipinski definition) is 1. The van der Waals surface area contributed by atoms with Crippen LogP contribution in [0.1, 0.15) is 29.6 Å². The van der Waals surface area contributed by atoms with E-state index in [1.165, 1.54) is 18.2 Å². The van der Waals surface area contributed by atoms with Gasteiger partial charge in [0.25, 0.3) is 5.91 Å². The molecule has 0 bridgehead atoms. The van der Waals surface area contributed by atoms with E-state index < -0.39 is 17.1 Å². The van der Waals surface area contributed by atoms with Crippen LogP contribution in [0, 0.1) is 11.2 Å². The molecule has 0 aromatic heterocycles. The first-order chi connectivity index (χ1) is 13.8. The first-order valence-electron chi connectivity index (χ1n) is 9.19. The molecule has 1 aliphatic heterocycles. The molecular weight excluding hydrogens is 418 g/mol. The lowest BCUT2D eigenvalue weighted by molar-refractivity contribution is -0.122. The molecule has 1 fully saturated rings. The molecule has 1 atom stereocenters. The minimum Gasteiger partial charge on any atom is -0.493 e. The fourth-order valence-corrected chi connectivity index (χ4v) is 4.03. The number of likely N-dealkylation sites (tertiary alicyclic amines) is 1. The minimum absolute atomic E-state index is 0.0848. The summed E-state index contributed by atoms with van der Waals surface area (Å²) in [5.74, 6) is -0.739. The van der Waals surface area contributed by atoms with Crippen LogP contribution < -0.4 is 10.5 Å². The Morgan fingerprint density at radius 3 is 2.69 bits per heavy atom. The lowest BCUT2D eigenvalue weighted by Gasteiger charge is -2.42. The second kappa shape index (κ2) is 9.01. The summed E-state index contributed by atoms with van der Waals surface area (Å²) < 4.78 is 19.3. The number of carbonyl (C=O) groups excluding carboxylic acids is 2.